The van der Waals surface area contributed by atoms with E-state index in [2.05, 4.69) is 42.2 Å². The fraction of sp³-hybridized carbons (Fsp3) is 0.421. The Labute approximate surface area is 147 Å². The topological polar surface area (TPSA) is 73.0 Å². The molecule has 0 aliphatic carbocycles. The van der Waals surface area contributed by atoms with Crippen LogP contribution in [0.4, 0.5) is 0 Å². The number of amides is 1. The number of hydrogen-bond acceptors (Lipinski definition) is 4. The maximum Gasteiger partial charge on any atom is 0.222 e. The molecule has 1 N–H and O–H groups in total. The van der Waals surface area contributed by atoms with E-state index in [0.29, 0.717) is 18.9 Å². The Morgan fingerprint density at radius 1 is 1.28 bits per heavy atom. The van der Waals surface area contributed by atoms with Gasteiger partial charge >= 0.3 is 0 Å². The predicted octanol–water partition coefficient (Wildman–Crippen LogP) is 3.34. The van der Waals surface area contributed by atoms with Crippen LogP contribution in [0.2, 0.25) is 0 Å². The van der Waals surface area contributed by atoms with Crippen LogP contribution in [-0.4, -0.2) is 20.7 Å². The minimum absolute atomic E-state index is 0.0486. The van der Waals surface area contributed by atoms with Gasteiger partial charge in [0.2, 0.25) is 11.8 Å². The molecule has 2 heterocycles. The second kappa shape index (κ2) is 6.70. The molecule has 0 aliphatic heterocycles. The molecule has 132 valence electrons. The molecule has 1 amide bonds. The zero-order valence-electron chi connectivity index (χ0n) is 15.2. The summed E-state index contributed by atoms with van der Waals surface area (Å²) in [4.78, 5) is 16.5. The minimum atomic E-state index is -0.0486. The Balaban J connectivity index is 1.59. The minimum Gasteiger partial charge on any atom is -0.439 e. The van der Waals surface area contributed by atoms with Crippen molar-refractivity contribution in [2.24, 2.45) is 0 Å². The van der Waals surface area contributed by atoms with E-state index in [-0.39, 0.29) is 17.9 Å². The molecule has 2 aromatic heterocycles. The fourth-order valence-electron chi connectivity index (χ4n) is 2.62. The number of carbonyl (C=O) groups is 1. The van der Waals surface area contributed by atoms with Gasteiger partial charge in [0.1, 0.15) is 5.52 Å². The number of hydrogen-bond donors (Lipinski definition) is 1. The summed E-state index contributed by atoms with van der Waals surface area (Å²) in [7, 11) is 0. The highest BCUT2D eigenvalue weighted by Gasteiger charge is 2.16. The third kappa shape index (κ3) is 4.07. The molecule has 0 radical (unpaired) electrons. The van der Waals surface area contributed by atoms with Crippen molar-refractivity contribution >= 4 is 17.0 Å². The van der Waals surface area contributed by atoms with Gasteiger partial charge in [-0.25, -0.2) is 4.98 Å². The monoisotopic (exact) mass is 340 g/mol. The van der Waals surface area contributed by atoms with Gasteiger partial charge in [0.05, 0.1) is 6.54 Å². The molecule has 25 heavy (non-hydrogen) atoms. The van der Waals surface area contributed by atoms with Crippen LogP contribution in [0, 0.1) is 6.92 Å². The maximum absolute atomic E-state index is 12.0. The Morgan fingerprint density at radius 2 is 2.08 bits per heavy atom. The number of aryl methyl sites for hydroxylation is 2. The average Bonchev–Trinajstić information content (AvgIpc) is 3.14. The molecule has 6 nitrogen and oxygen atoms in total. The van der Waals surface area contributed by atoms with Crippen LogP contribution in [0.1, 0.15) is 44.3 Å². The van der Waals surface area contributed by atoms with E-state index in [0.717, 1.165) is 16.8 Å². The van der Waals surface area contributed by atoms with E-state index in [1.54, 1.807) is 6.20 Å². The van der Waals surface area contributed by atoms with E-state index < -0.39 is 0 Å². The Morgan fingerprint density at radius 3 is 2.76 bits per heavy atom. The first-order valence-corrected chi connectivity index (χ1v) is 8.48. The summed E-state index contributed by atoms with van der Waals surface area (Å²) in [5.41, 5.74) is 3.87. The molecule has 3 rings (SSSR count). The number of benzene rings is 1. The van der Waals surface area contributed by atoms with Crippen molar-refractivity contribution in [3.05, 3.63) is 47.6 Å². The average molecular weight is 340 g/mol. The summed E-state index contributed by atoms with van der Waals surface area (Å²) in [6.07, 6.45) is 2.11. The van der Waals surface area contributed by atoms with Gasteiger partial charge in [0.25, 0.3) is 0 Å². The van der Waals surface area contributed by atoms with Gasteiger partial charge in [-0.1, -0.05) is 26.8 Å². The predicted molar refractivity (Wildman–Crippen MR) is 96.1 cm³/mol. The van der Waals surface area contributed by atoms with Crippen LogP contribution in [0.15, 0.2) is 34.9 Å². The first-order valence-electron chi connectivity index (χ1n) is 8.48. The van der Waals surface area contributed by atoms with Crippen molar-refractivity contribution in [3.8, 4) is 0 Å². The van der Waals surface area contributed by atoms with Gasteiger partial charge < -0.3 is 9.73 Å². The molecule has 0 unspecified atom stereocenters. The first-order chi connectivity index (χ1) is 11.8. The highest BCUT2D eigenvalue weighted by molar-refractivity contribution is 5.76. The highest BCUT2D eigenvalue weighted by atomic mass is 16.3. The second-order valence-corrected chi connectivity index (χ2v) is 7.26. The lowest BCUT2D eigenvalue weighted by Gasteiger charge is -2.18. The normalized spacial score (nSPS) is 11.8. The Bertz CT molecular complexity index is 886. The molecule has 3 aromatic rings. The molecule has 0 fully saturated rings. The second-order valence-electron chi connectivity index (χ2n) is 7.26. The van der Waals surface area contributed by atoms with E-state index in [1.807, 2.05) is 29.8 Å². The first kappa shape index (κ1) is 17.2. The zero-order chi connectivity index (χ0) is 18.0. The lowest BCUT2D eigenvalue weighted by atomic mass is 9.87. The summed E-state index contributed by atoms with van der Waals surface area (Å²) in [5, 5.41) is 7.02. The van der Waals surface area contributed by atoms with E-state index in [9.17, 15) is 4.79 Å². The van der Waals surface area contributed by atoms with E-state index >= 15 is 0 Å². The lowest BCUT2D eigenvalue weighted by molar-refractivity contribution is -0.121. The van der Waals surface area contributed by atoms with Crippen LogP contribution in [0.3, 0.4) is 0 Å². The van der Waals surface area contributed by atoms with Crippen molar-refractivity contribution in [1.29, 1.82) is 0 Å². The quantitative estimate of drug-likeness (QED) is 0.773. The molecule has 0 atom stereocenters. The number of nitrogens with zero attached hydrogens (tertiary/aromatic N) is 3. The Kier molecular flexibility index (Phi) is 4.61. The molecule has 0 aliphatic rings. The lowest BCUT2D eigenvalue weighted by Crippen LogP contribution is -2.24. The molecule has 0 bridgehead atoms. The number of carbonyl (C=O) groups excluding carboxylic acids is 1. The molecular weight excluding hydrogens is 316 g/mol. The van der Waals surface area contributed by atoms with E-state index in [4.69, 9.17) is 4.42 Å². The SMILES string of the molecule is Cc1ccnn1CCC(=O)NCc1nc2cc(C(C)(C)C)ccc2o1. The van der Waals surface area contributed by atoms with Crippen LogP contribution in [0.25, 0.3) is 11.1 Å². The number of fused-ring (bicyclic) bond motifs is 1. The standard InChI is InChI=1S/C19H24N4O2/c1-13-7-9-21-23(13)10-8-17(24)20-12-18-22-15-11-14(19(2,3)4)5-6-16(15)25-18/h5-7,9,11H,8,10,12H2,1-4H3,(H,20,24). The molecule has 0 spiro atoms. The van der Waals surface area contributed by atoms with Crippen molar-refractivity contribution in [3.63, 3.8) is 0 Å². The zero-order valence-corrected chi connectivity index (χ0v) is 15.2. The smallest absolute Gasteiger partial charge is 0.222 e. The summed E-state index contributed by atoms with van der Waals surface area (Å²) in [5.74, 6) is 0.470. The van der Waals surface area contributed by atoms with Crippen molar-refractivity contribution in [2.45, 2.75) is 52.6 Å². The van der Waals surface area contributed by atoms with E-state index in [1.165, 1.54) is 5.56 Å². The van der Waals surface area contributed by atoms with Gasteiger partial charge in [-0.3, -0.25) is 9.48 Å². The van der Waals surface area contributed by atoms with Gasteiger partial charge in [0, 0.05) is 24.9 Å². The van der Waals surface area contributed by atoms with Crippen molar-refractivity contribution in [1.82, 2.24) is 20.1 Å². The Hall–Kier alpha value is -2.63. The number of aromatic nitrogens is 3. The third-order valence-corrected chi connectivity index (χ3v) is 4.21. The van der Waals surface area contributed by atoms with Crippen molar-refractivity contribution in [2.75, 3.05) is 0 Å². The van der Waals surface area contributed by atoms with Gasteiger partial charge in [-0.2, -0.15) is 5.10 Å². The molecule has 0 saturated heterocycles. The summed E-state index contributed by atoms with van der Waals surface area (Å²) >= 11 is 0. The van der Waals surface area contributed by atoms with Gasteiger partial charge in [-0.05, 0) is 36.1 Å². The molecule has 0 saturated carbocycles. The van der Waals surface area contributed by atoms with Crippen LogP contribution >= 0.6 is 0 Å². The van der Waals surface area contributed by atoms with Crippen LogP contribution in [-0.2, 0) is 23.3 Å². The number of nitrogens with one attached hydrogen (secondary N) is 1. The van der Waals surface area contributed by atoms with Gasteiger partial charge in [0.15, 0.2) is 5.58 Å². The largest absolute Gasteiger partial charge is 0.439 e. The third-order valence-electron chi connectivity index (χ3n) is 4.21. The van der Waals surface area contributed by atoms with Crippen LogP contribution in [0.5, 0.6) is 0 Å². The molecular formula is C19H24N4O2. The molecule has 1 aromatic carbocycles. The highest BCUT2D eigenvalue weighted by Crippen LogP contribution is 2.26. The summed E-state index contributed by atoms with van der Waals surface area (Å²) in [6, 6.07) is 7.96. The molecule has 6 heteroatoms. The van der Waals surface area contributed by atoms with Crippen molar-refractivity contribution < 1.29 is 9.21 Å². The fourth-order valence-corrected chi connectivity index (χ4v) is 2.62. The maximum atomic E-state index is 12.0. The number of oxazole rings is 1. The van der Waals surface area contributed by atoms with Gasteiger partial charge in [-0.15, -0.1) is 0 Å². The number of rotatable bonds is 5. The van der Waals surface area contributed by atoms with Crippen LogP contribution < -0.4 is 5.32 Å². The summed E-state index contributed by atoms with van der Waals surface area (Å²) < 4.78 is 7.52. The summed E-state index contributed by atoms with van der Waals surface area (Å²) in [6.45, 7) is 9.31.